The smallest absolute Gasteiger partial charge is 0.231 e. The van der Waals surface area contributed by atoms with Gasteiger partial charge in [0.2, 0.25) is 6.79 Å². The van der Waals surface area contributed by atoms with E-state index < -0.39 is 0 Å². The summed E-state index contributed by atoms with van der Waals surface area (Å²) in [6.45, 7) is 6.05. The van der Waals surface area contributed by atoms with Crippen molar-refractivity contribution in [1.82, 2.24) is 0 Å². The van der Waals surface area contributed by atoms with Crippen molar-refractivity contribution in [2.75, 3.05) is 24.0 Å². The van der Waals surface area contributed by atoms with Crippen molar-refractivity contribution in [2.45, 2.75) is 38.5 Å². The number of ether oxygens (including phenoxy) is 2. The highest BCUT2D eigenvalue weighted by Crippen LogP contribution is 2.36. The molecule has 0 radical (unpaired) electrons. The van der Waals surface area contributed by atoms with E-state index >= 15 is 0 Å². The van der Waals surface area contributed by atoms with E-state index in [1.807, 2.05) is 48.2 Å². The van der Waals surface area contributed by atoms with Gasteiger partial charge in [0.25, 0.3) is 0 Å². The molecular formula is C22H27NO3S. The van der Waals surface area contributed by atoms with E-state index in [1.54, 1.807) is 0 Å². The molecule has 0 aromatic heterocycles. The second kappa shape index (κ2) is 9.70. The number of benzene rings is 2. The first-order valence-corrected chi connectivity index (χ1v) is 10.5. The van der Waals surface area contributed by atoms with Crippen LogP contribution in [-0.4, -0.2) is 30.1 Å². The number of nitrogens with zero attached hydrogens (tertiary/aromatic N) is 1. The Morgan fingerprint density at radius 1 is 1.07 bits per heavy atom. The molecule has 1 aliphatic rings. The van der Waals surface area contributed by atoms with Gasteiger partial charge in [-0.25, -0.2) is 0 Å². The number of hydrogen-bond donors (Lipinski definition) is 0. The molecule has 0 fully saturated rings. The summed E-state index contributed by atoms with van der Waals surface area (Å²) >= 11 is 1.84. The van der Waals surface area contributed by atoms with Crippen LogP contribution >= 0.6 is 11.8 Å². The Labute approximate surface area is 165 Å². The van der Waals surface area contributed by atoms with E-state index in [-0.39, 0.29) is 6.79 Å². The molecule has 0 saturated heterocycles. The van der Waals surface area contributed by atoms with Crippen molar-refractivity contribution in [1.29, 1.82) is 0 Å². The van der Waals surface area contributed by atoms with Crippen LogP contribution in [0, 0.1) is 0 Å². The molecule has 1 heterocycles. The lowest BCUT2D eigenvalue weighted by molar-refractivity contribution is -0.118. The van der Waals surface area contributed by atoms with E-state index in [0.717, 1.165) is 29.5 Å². The molecule has 1 aliphatic heterocycles. The maximum atomic E-state index is 12.3. The molecule has 0 aliphatic carbocycles. The fraction of sp³-hybridized carbons (Fsp3) is 0.409. The fourth-order valence-corrected chi connectivity index (χ4v) is 3.80. The van der Waals surface area contributed by atoms with Gasteiger partial charge in [0, 0.05) is 43.4 Å². The van der Waals surface area contributed by atoms with Crippen LogP contribution < -0.4 is 14.4 Å². The average Bonchev–Trinajstić information content (AvgIpc) is 3.13. The number of rotatable bonds is 10. The molecule has 0 N–H and O–H groups in total. The van der Waals surface area contributed by atoms with Crippen molar-refractivity contribution in [3.63, 3.8) is 0 Å². The SMILES string of the molecule is CC(C)SCCC(=O)CCN(Cc1ccccc1)c1ccc2c(c1)OCO2. The molecular weight excluding hydrogens is 358 g/mol. The Balaban J connectivity index is 1.65. The molecule has 4 nitrogen and oxygen atoms in total. The summed E-state index contributed by atoms with van der Waals surface area (Å²) < 4.78 is 10.9. The van der Waals surface area contributed by atoms with Gasteiger partial charge in [0.05, 0.1) is 0 Å². The number of thioether (sulfide) groups is 1. The molecule has 0 bridgehead atoms. The van der Waals surface area contributed by atoms with E-state index in [2.05, 4.69) is 30.9 Å². The monoisotopic (exact) mass is 385 g/mol. The van der Waals surface area contributed by atoms with Crippen LogP contribution in [-0.2, 0) is 11.3 Å². The lowest BCUT2D eigenvalue weighted by atomic mass is 10.1. The molecule has 0 saturated carbocycles. The number of carbonyl (C=O) groups excluding carboxylic acids is 1. The molecule has 2 aromatic carbocycles. The standard InChI is InChI=1S/C22H27NO3S/c1-17(2)27-13-11-20(24)10-12-23(15-18-6-4-3-5-7-18)19-8-9-21-22(14-19)26-16-25-21/h3-9,14,17H,10-13,15-16H2,1-2H3. The fourth-order valence-electron chi connectivity index (χ4n) is 2.98. The average molecular weight is 386 g/mol. The van der Waals surface area contributed by atoms with Crippen molar-refractivity contribution < 1.29 is 14.3 Å². The maximum absolute atomic E-state index is 12.3. The van der Waals surface area contributed by atoms with Crippen molar-refractivity contribution in [2.24, 2.45) is 0 Å². The van der Waals surface area contributed by atoms with Gasteiger partial charge in [0.15, 0.2) is 11.5 Å². The summed E-state index contributed by atoms with van der Waals surface area (Å²) in [5.41, 5.74) is 2.27. The molecule has 0 unspecified atom stereocenters. The molecule has 0 atom stereocenters. The number of hydrogen-bond acceptors (Lipinski definition) is 5. The van der Waals surface area contributed by atoms with Crippen LogP contribution in [0.4, 0.5) is 5.69 Å². The Kier molecular flexibility index (Phi) is 7.04. The number of carbonyl (C=O) groups is 1. The summed E-state index contributed by atoms with van der Waals surface area (Å²) in [4.78, 5) is 14.6. The normalized spacial score (nSPS) is 12.4. The number of fused-ring (bicyclic) bond motifs is 1. The Hall–Kier alpha value is -2.14. The van der Waals surface area contributed by atoms with Crippen molar-refractivity contribution in [3.05, 3.63) is 54.1 Å². The molecule has 0 spiro atoms. The zero-order chi connectivity index (χ0) is 19.1. The van der Waals surface area contributed by atoms with Crippen molar-refractivity contribution >= 4 is 23.2 Å². The zero-order valence-corrected chi connectivity index (χ0v) is 16.8. The topological polar surface area (TPSA) is 38.8 Å². The van der Waals surface area contributed by atoms with E-state index in [4.69, 9.17) is 9.47 Å². The van der Waals surface area contributed by atoms with E-state index in [1.165, 1.54) is 5.56 Å². The van der Waals surface area contributed by atoms with Crippen LogP contribution in [0.25, 0.3) is 0 Å². The van der Waals surface area contributed by atoms with Gasteiger partial charge < -0.3 is 14.4 Å². The highest BCUT2D eigenvalue weighted by molar-refractivity contribution is 7.99. The van der Waals surface area contributed by atoms with Gasteiger partial charge in [-0.15, -0.1) is 0 Å². The summed E-state index contributed by atoms with van der Waals surface area (Å²) in [6, 6.07) is 16.3. The van der Waals surface area contributed by atoms with Gasteiger partial charge in [-0.05, 0) is 22.9 Å². The summed E-state index contributed by atoms with van der Waals surface area (Å²) in [6.07, 6.45) is 1.20. The molecule has 0 amide bonds. The molecule has 144 valence electrons. The summed E-state index contributed by atoms with van der Waals surface area (Å²) in [5.74, 6) is 2.77. The minimum atomic E-state index is 0.267. The molecule has 27 heavy (non-hydrogen) atoms. The van der Waals surface area contributed by atoms with Crippen molar-refractivity contribution in [3.8, 4) is 11.5 Å². The number of ketones is 1. The number of Topliss-reactive ketones (excluding diaryl/α,β-unsaturated/α-hetero) is 1. The third kappa shape index (κ3) is 5.93. The lowest BCUT2D eigenvalue weighted by Crippen LogP contribution is -2.25. The first-order chi connectivity index (χ1) is 13.1. The highest BCUT2D eigenvalue weighted by atomic mass is 32.2. The third-order valence-electron chi connectivity index (χ3n) is 4.43. The van der Waals surface area contributed by atoms with Crippen LogP contribution in [0.3, 0.4) is 0 Å². The van der Waals surface area contributed by atoms with E-state index in [0.29, 0.717) is 30.4 Å². The number of anilines is 1. The second-order valence-electron chi connectivity index (χ2n) is 6.90. The summed E-state index contributed by atoms with van der Waals surface area (Å²) in [5, 5.41) is 0.570. The minimum Gasteiger partial charge on any atom is -0.454 e. The Morgan fingerprint density at radius 2 is 1.85 bits per heavy atom. The van der Waals surface area contributed by atoms with Crippen LogP contribution in [0.15, 0.2) is 48.5 Å². The first kappa shape index (κ1) is 19.6. The highest BCUT2D eigenvalue weighted by Gasteiger charge is 2.17. The first-order valence-electron chi connectivity index (χ1n) is 9.43. The van der Waals surface area contributed by atoms with Crippen LogP contribution in [0.1, 0.15) is 32.3 Å². The molecule has 3 rings (SSSR count). The second-order valence-corrected chi connectivity index (χ2v) is 8.59. The minimum absolute atomic E-state index is 0.267. The van der Waals surface area contributed by atoms with E-state index in [9.17, 15) is 4.79 Å². The molecule has 2 aromatic rings. The molecule has 5 heteroatoms. The lowest BCUT2D eigenvalue weighted by Gasteiger charge is -2.25. The van der Waals surface area contributed by atoms with Gasteiger partial charge in [-0.3, -0.25) is 4.79 Å². The van der Waals surface area contributed by atoms with Crippen LogP contribution in [0.2, 0.25) is 0 Å². The predicted octanol–water partition coefficient (Wildman–Crippen LogP) is 4.91. The Bertz CT molecular complexity index is 748. The largest absolute Gasteiger partial charge is 0.454 e. The summed E-state index contributed by atoms with van der Waals surface area (Å²) in [7, 11) is 0. The van der Waals surface area contributed by atoms with Gasteiger partial charge >= 0.3 is 0 Å². The van der Waals surface area contributed by atoms with Gasteiger partial charge in [-0.1, -0.05) is 44.2 Å². The Morgan fingerprint density at radius 3 is 2.63 bits per heavy atom. The third-order valence-corrected chi connectivity index (χ3v) is 5.54. The van der Waals surface area contributed by atoms with Gasteiger partial charge in [0.1, 0.15) is 5.78 Å². The van der Waals surface area contributed by atoms with Crippen LogP contribution in [0.5, 0.6) is 11.5 Å². The zero-order valence-electron chi connectivity index (χ0n) is 16.0. The quantitative estimate of drug-likeness (QED) is 0.581. The maximum Gasteiger partial charge on any atom is 0.231 e. The predicted molar refractivity (Wildman–Crippen MR) is 112 cm³/mol. The van der Waals surface area contributed by atoms with Gasteiger partial charge in [-0.2, -0.15) is 11.8 Å².